The molecule has 0 aliphatic carbocycles. The van der Waals surface area contributed by atoms with Gasteiger partial charge in [0.25, 0.3) is 0 Å². The van der Waals surface area contributed by atoms with Crippen LogP contribution in [0.3, 0.4) is 0 Å². The lowest BCUT2D eigenvalue weighted by Gasteiger charge is -2.00. The van der Waals surface area contributed by atoms with E-state index in [1.165, 1.54) is 11.3 Å². The molecule has 2 aromatic heterocycles. The van der Waals surface area contributed by atoms with E-state index in [1.807, 2.05) is 41.8 Å². The third-order valence-corrected chi connectivity index (χ3v) is 4.83. The Morgan fingerprint density at radius 1 is 1.16 bits per heavy atom. The molecule has 3 nitrogen and oxygen atoms in total. The summed E-state index contributed by atoms with van der Waals surface area (Å²) in [5.41, 5.74) is 0.943. The van der Waals surface area contributed by atoms with Gasteiger partial charge >= 0.3 is 0 Å². The van der Waals surface area contributed by atoms with Crippen molar-refractivity contribution in [3.63, 3.8) is 0 Å². The molecule has 0 atom stereocenters. The van der Waals surface area contributed by atoms with E-state index in [9.17, 15) is 5.11 Å². The zero-order valence-corrected chi connectivity index (χ0v) is 11.8. The van der Waals surface area contributed by atoms with E-state index < -0.39 is 0 Å². The van der Waals surface area contributed by atoms with E-state index in [2.05, 4.69) is 4.98 Å². The van der Waals surface area contributed by atoms with Gasteiger partial charge in [-0.1, -0.05) is 6.07 Å². The molecule has 5 heteroatoms. The van der Waals surface area contributed by atoms with Crippen LogP contribution in [0, 0.1) is 0 Å². The molecular weight excluding hydrogens is 278 g/mol. The second-order valence-electron chi connectivity index (χ2n) is 3.88. The standard InChI is InChI=1S/C14H11NO2S2/c1-17-10-6-4-9(5-7-10)12-13(16)15-14(19-12)11-3-2-8-18-11/h2-8,16H,1H3. The minimum Gasteiger partial charge on any atom is -0.497 e. The van der Waals surface area contributed by atoms with Gasteiger partial charge in [-0.2, -0.15) is 0 Å². The summed E-state index contributed by atoms with van der Waals surface area (Å²) in [5.74, 6) is 0.879. The molecule has 1 aromatic carbocycles. The van der Waals surface area contributed by atoms with E-state index in [0.717, 1.165) is 26.1 Å². The summed E-state index contributed by atoms with van der Waals surface area (Å²) in [6, 6.07) is 11.6. The van der Waals surface area contributed by atoms with Gasteiger partial charge in [0.05, 0.1) is 16.9 Å². The Morgan fingerprint density at radius 3 is 2.58 bits per heavy atom. The number of nitrogens with zero attached hydrogens (tertiary/aromatic N) is 1. The number of hydrogen-bond donors (Lipinski definition) is 1. The number of ether oxygens (including phenoxy) is 1. The molecule has 0 bridgehead atoms. The van der Waals surface area contributed by atoms with Crippen LogP contribution >= 0.6 is 22.7 Å². The number of methoxy groups -OCH3 is 1. The second-order valence-corrected chi connectivity index (χ2v) is 5.82. The number of thiophene rings is 1. The van der Waals surface area contributed by atoms with E-state index in [-0.39, 0.29) is 5.88 Å². The Balaban J connectivity index is 2.00. The second kappa shape index (κ2) is 5.03. The monoisotopic (exact) mass is 289 g/mol. The van der Waals surface area contributed by atoms with Crippen molar-refractivity contribution in [1.29, 1.82) is 0 Å². The van der Waals surface area contributed by atoms with Crippen molar-refractivity contribution < 1.29 is 9.84 Å². The van der Waals surface area contributed by atoms with Gasteiger partial charge in [-0.3, -0.25) is 0 Å². The molecule has 0 aliphatic rings. The molecule has 0 radical (unpaired) electrons. The van der Waals surface area contributed by atoms with E-state index in [4.69, 9.17) is 4.74 Å². The molecule has 0 saturated heterocycles. The van der Waals surface area contributed by atoms with E-state index in [0.29, 0.717) is 0 Å². The lowest BCUT2D eigenvalue weighted by Crippen LogP contribution is -1.81. The number of benzene rings is 1. The first-order chi connectivity index (χ1) is 9.28. The Morgan fingerprint density at radius 2 is 1.95 bits per heavy atom. The predicted octanol–water partition coefficient (Wildman–Crippen LogP) is 4.25. The molecule has 0 unspecified atom stereocenters. The van der Waals surface area contributed by atoms with Crippen LogP contribution in [-0.4, -0.2) is 17.2 Å². The average molecular weight is 289 g/mol. The number of hydrogen-bond acceptors (Lipinski definition) is 5. The summed E-state index contributed by atoms with van der Waals surface area (Å²) in [6.07, 6.45) is 0. The molecule has 2 heterocycles. The quantitative estimate of drug-likeness (QED) is 0.783. The third kappa shape index (κ3) is 2.34. The minimum atomic E-state index is 0.0820. The fourth-order valence-electron chi connectivity index (χ4n) is 1.75. The van der Waals surface area contributed by atoms with Crippen LogP contribution in [0.5, 0.6) is 11.6 Å². The maximum absolute atomic E-state index is 9.98. The number of aromatic nitrogens is 1. The molecule has 0 saturated carbocycles. The predicted molar refractivity (Wildman–Crippen MR) is 79.1 cm³/mol. The van der Waals surface area contributed by atoms with Gasteiger partial charge in [-0.25, -0.2) is 4.98 Å². The lowest BCUT2D eigenvalue weighted by atomic mass is 10.2. The zero-order valence-electron chi connectivity index (χ0n) is 10.2. The largest absolute Gasteiger partial charge is 0.497 e. The molecule has 96 valence electrons. The van der Waals surface area contributed by atoms with Crippen molar-refractivity contribution in [2.45, 2.75) is 0 Å². The van der Waals surface area contributed by atoms with Gasteiger partial charge in [-0.05, 0) is 41.3 Å². The van der Waals surface area contributed by atoms with Gasteiger partial charge in [0.2, 0.25) is 5.88 Å². The van der Waals surface area contributed by atoms with Crippen LogP contribution in [0.2, 0.25) is 0 Å². The minimum absolute atomic E-state index is 0.0820. The maximum Gasteiger partial charge on any atom is 0.230 e. The molecule has 3 rings (SSSR count). The van der Waals surface area contributed by atoms with Crippen molar-refractivity contribution in [3.05, 3.63) is 41.8 Å². The maximum atomic E-state index is 9.98. The smallest absolute Gasteiger partial charge is 0.230 e. The van der Waals surface area contributed by atoms with Crippen molar-refractivity contribution in [3.8, 4) is 32.0 Å². The summed E-state index contributed by atoms with van der Waals surface area (Å²) >= 11 is 3.11. The van der Waals surface area contributed by atoms with Gasteiger partial charge in [0.1, 0.15) is 10.8 Å². The van der Waals surface area contributed by atoms with Crippen molar-refractivity contribution >= 4 is 22.7 Å². The molecule has 3 aromatic rings. The first kappa shape index (κ1) is 12.2. The normalized spacial score (nSPS) is 10.6. The third-order valence-electron chi connectivity index (χ3n) is 2.69. The summed E-state index contributed by atoms with van der Waals surface area (Å²) < 4.78 is 5.13. The first-order valence-corrected chi connectivity index (χ1v) is 7.35. The van der Waals surface area contributed by atoms with E-state index in [1.54, 1.807) is 18.4 Å². The zero-order chi connectivity index (χ0) is 13.2. The van der Waals surface area contributed by atoms with Crippen LogP contribution in [0.15, 0.2) is 41.8 Å². The van der Waals surface area contributed by atoms with Gasteiger partial charge < -0.3 is 9.84 Å². The Kier molecular flexibility index (Phi) is 3.23. The highest BCUT2D eigenvalue weighted by Gasteiger charge is 2.14. The lowest BCUT2D eigenvalue weighted by molar-refractivity contribution is 0.415. The van der Waals surface area contributed by atoms with Crippen molar-refractivity contribution in [2.24, 2.45) is 0 Å². The molecule has 1 N–H and O–H groups in total. The van der Waals surface area contributed by atoms with E-state index >= 15 is 0 Å². The summed E-state index contributed by atoms with van der Waals surface area (Å²) in [6.45, 7) is 0. The summed E-state index contributed by atoms with van der Waals surface area (Å²) in [7, 11) is 1.63. The fraction of sp³-hybridized carbons (Fsp3) is 0.0714. The molecular formula is C14H11NO2S2. The highest BCUT2D eigenvalue weighted by atomic mass is 32.1. The Hall–Kier alpha value is -1.85. The summed E-state index contributed by atoms with van der Waals surface area (Å²) in [5, 5.41) is 12.8. The van der Waals surface area contributed by atoms with Crippen LogP contribution in [0.1, 0.15) is 0 Å². The highest BCUT2D eigenvalue weighted by Crippen LogP contribution is 2.40. The van der Waals surface area contributed by atoms with Crippen LogP contribution in [0.25, 0.3) is 20.3 Å². The van der Waals surface area contributed by atoms with Crippen molar-refractivity contribution in [2.75, 3.05) is 7.11 Å². The fourth-order valence-corrected chi connectivity index (χ4v) is 3.51. The molecule has 0 aliphatic heterocycles. The van der Waals surface area contributed by atoms with Crippen molar-refractivity contribution in [1.82, 2.24) is 4.98 Å². The van der Waals surface area contributed by atoms with Crippen LogP contribution in [0.4, 0.5) is 0 Å². The average Bonchev–Trinajstić information content (AvgIpc) is 3.08. The molecule has 0 fully saturated rings. The van der Waals surface area contributed by atoms with Crippen LogP contribution < -0.4 is 4.74 Å². The molecule has 0 amide bonds. The topological polar surface area (TPSA) is 42.4 Å². The van der Waals surface area contributed by atoms with Gasteiger partial charge in [-0.15, -0.1) is 22.7 Å². The van der Waals surface area contributed by atoms with Gasteiger partial charge in [0, 0.05) is 0 Å². The number of aromatic hydroxyl groups is 1. The SMILES string of the molecule is COc1ccc(-c2sc(-c3cccs3)nc2O)cc1. The number of rotatable bonds is 3. The molecule has 0 spiro atoms. The summed E-state index contributed by atoms with van der Waals surface area (Å²) in [4.78, 5) is 6.08. The van der Waals surface area contributed by atoms with Gasteiger partial charge in [0.15, 0.2) is 0 Å². The highest BCUT2D eigenvalue weighted by molar-refractivity contribution is 7.23. The Bertz CT molecular complexity index is 672. The van der Waals surface area contributed by atoms with Crippen LogP contribution in [-0.2, 0) is 0 Å². The number of thiazole rings is 1. The Labute approximate surface area is 118 Å². The molecule has 19 heavy (non-hydrogen) atoms. The first-order valence-electron chi connectivity index (χ1n) is 5.66.